The maximum Gasteiger partial charge on any atom is 0.191 e. The van der Waals surface area contributed by atoms with Crippen LogP contribution in [0.15, 0.2) is 41.5 Å². The minimum Gasteiger partial charge on any atom is -0.359 e. The van der Waals surface area contributed by atoms with Crippen LogP contribution < -0.4 is 10.6 Å². The largest absolute Gasteiger partial charge is 0.359 e. The van der Waals surface area contributed by atoms with Crippen molar-refractivity contribution in [2.45, 2.75) is 6.54 Å². The van der Waals surface area contributed by atoms with Gasteiger partial charge in [-0.05, 0) is 30.3 Å². The quantitative estimate of drug-likeness (QED) is 0.479. The van der Waals surface area contributed by atoms with Crippen LogP contribution in [0.1, 0.15) is 5.69 Å². The van der Waals surface area contributed by atoms with E-state index < -0.39 is 0 Å². The number of halogens is 2. The summed E-state index contributed by atoms with van der Waals surface area (Å²) >= 11 is 0. The van der Waals surface area contributed by atoms with Gasteiger partial charge < -0.3 is 10.6 Å². The Balaban J connectivity index is 0.00000200. The summed E-state index contributed by atoms with van der Waals surface area (Å²) in [6.07, 6.45) is 1.84. The molecule has 0 aliphatic heterocycles. The van der Waals surface area contributed by atoms with E-state index in [1.165, 1.54) is 12.1 Å². The van der Waals surface area contributed by atoms with Gasteiger partial charge in [-0.3, -0.25) is 4.99 Å². The van der Waals surface area contributed by atoms with Gasteiger partial charge in [0.15, 0.2) is 5.96 Å². The van der Waals surface area contributed by atoms with Gasteiger partial charge in [0.05, 0.1) is 17.9 Å². The van der Waals surface area contributed by atoms with Crippen molar-refractivity contribution < 1.29 is 4.39 Å². The molecule has 0 saturated carbocycles. The van der Waals surface area contributed by atoms with Crippen molar-refractivity contribution in [1.82, 2.24) is 20.4 Å². The summed E-state index contributed by atoms with van der Waals surface area (Å²) in [5.74, 6) is 0.451. The molecule has 0 bridgehead atoms. The summed E-state index contributed by atoms with van der Waals surface area (Å²) in [5.41, 5.74) is 1.70. The third-order valence-corrected chi connectivity index (χ3v) is 2.63. The van der Waals surface area contributed by atoms with E-state index in [-0.39, 0.29) is 29.8 Å². The topological polar surface area (TPSA) is 54.2 Å². The Morgan fingerprint density at radius 2 is 2.00 bits per heavy atom. The number of nitrogens with one attached hydrogen (secondary N) is 2. The van der Waals surface area contributed by atoms with Crippen LogP contribution in [0.25, 0.3) is 5.69 Å². The van der Waals surface area contributed by atoms with Crippen LogP contribution in [0.4, 0.5) is 4.39 Å². The van der Waals surface area contributed by atoms with Crippen LogP contribution in [0.2, 0.25) is 0 Å². The smallest absolute Gasteiger partial charge is 0.191 e. The predicted octanol–water partition coefficient (Wildman–Crippen LogP) is 1.92. The second-order valence-corrected chi connectivity index (χ2v) is 3.90. The average molecular weight is 389 g/mol. The normalized spacial score (nSPS) is 10.8. The molecule has 5 nitrogen and oxygen atoms in total. The average Bonchev–Trinajstić information content (AvgIpc) is 2.89. The van der Waals surface area contributed by atoms with Gasteiger partial charge in [0, 0.05) is 20.3 Å². The fourth-order valence-electron chi connectivity index (χ4n) is 1.65. The Morgan fingerprint density at radius 3 is 2.60 bits per heavy atom. The number of nitrogens with zero attached hydrogens (tertiary/aromatic N) is 3. The fourth-order valence-corrected chi connectivity index (χ4v) is 1.65. The van der Waals surface area contributed by atoms with E-state index in [1.807, 2.05) is 12.3 Å². The van der Waals surface area contributed by atoms with Crippen molar-refractivity contribution >= 4 is 29.9 Å². The summed E-state index contributed by atoms with van der Waals surface area (Å²) in [4.78, 5) is 4.01. The van der Waals surface area contributed by atoms with Crippen molar-refractivity contribution in [1.29, 1.82) is 0 Å². The van der Waals surface area contributed by atoms with Crippen LogP contribution in [0.5, 0.6) is 0 Å². The minimum absolute atomic E-state index is 0. The molecule has 0 fully saturated rings. The Labute approximate surface area is 134 Å². The highest BCUT2D eigenvalue weighted by atomic mass is 127. The molecule has 0 unspecified atom stereocenters. The molecule has 0 spiro atoms. The van der Waals surface area contributed by atoms with E-state index in [0.29, 0.717) is 12.5 Å². The summed E-state index contributed by atoms with van der Waals surface area (Å²) < 4.78 is 14.5. The van der Waals surface area contributed by atoms with E-state index in [9.17, 15) is 4.39 Å². The lowest BCUT2D eigenvalue weighted by Gasteiger charge is -2.06. The van der Waals surface area contributed by atoms with Gasteiger partial charge in [0.1, 0.15) is 5.82 Å². The maximum atomic E-state index is 12.8. The molecule has 108 valence electrons. The minimum atomic E-state index is -0.254. The first kappa shape index (κ1) is 16.4. The molecule has 1 aromatic heterocycles. The summed E-state index contributed by atoms with van der Waals surface area (Å²) in [7, 11) is 3.50. The molecule has 0 amide bonds. The Hall–Kier alpha value is -1.64. The molecule has 7 heteroatoms. The van der Waals surface area contributed by atoms with Crippen molar-refractivity contribution in [3.8, 4) is 5.69 Å². The summed E-state index contributed by atoms with van der Waals surface area (Å²) in [5, 5.41) is 10.4. The third kappa shape index (κ3) is 4.19. The second kappa shape index (κ2) is 7.83. The number of hydrogen-bond donors (Lipinski definition) is 2. The van der Waals surface area contributed by atoms with Gasteiger partial charge in [0.2, 0.25) is 0 Å². The molecule has 0 saturated heterocycles. The highest BCUT2D eigenvalue weighted by Crippen LogP contribution is 2.08. The van der Waals surface area contributed by atoms with Gasteiger partial charge in [-0.1, -0.05) is 0 Å². The highest BCUT2D eigenvalue weighted by Gasteiger charge is 2.02. The van der Waals surface area contributed by atoms with Crippen molar-refractivity contribution in [2.24, 2.45) is 4.99 Å². The molecule has 2 aromatic rings. The summed E-state index contributed by atoms with van der Waals surface area (Å²) in [6, 6.07) is 8.10. The number of guanidine groups is 1. The molecule has 2 rings (SSSR count). The SMILES string of the molecule is CN=C(NC)NCc1ccn(-c2ccc(F)cc2)n1.I. The first-order valence-electron chi connectivity index (χ1n) is 5.92. The zero-order valence-corrected chi connectivity index (χ0v) is 13.6. The first-order valence-corrected chi connectivity index (χ1v) is 5.92. The van der Waals surface area contributed by atoms with Crippen LogP contribution in [0.3, 0.4) is 0 Å². The molecule has 0 aliphatic carbocycles. The Morgan fingerprint density at radius 1 is 1.30 bits per heavy atom. The second-order valence-electron chi connectivity index (χ2n) is 3.90. The van der Waals surface area contributed by atoms with Crippen LogP contribution >= 0.6 is 24.0 Å². The number of hydrogen-bond acceptors (Lipinski definition) is 2. The zero-order valence-electron chi connectivity index (χ0n) is 11.3. The third-order valence-electron chi connectivity index (χ3n) is 2.63. The van der Waals surface area contributed by atoms with Crippen molar-refractivity contribution in [3.63, 3.8) is 0 Å². The molecular formula is C13H17FIN5. The molecule has 0 radical (unpaired) electrons. The van der Waals surface area contributed by atoms with Gasteiger partial charge >= 0.3 is 0 Å². The van der Waals surface area contributed by atoms with E-state index in [0.717, 1.165) is 11.4 Å². The van der Waals surface area contributed by atoms with E-state index in [2.05, 4.69) is 20.7 Å². The van der Waals surface area contributed by atoms with Crippen molar-refractivity contribution in [3.05, 3.63) is 48.0 Å². The van der Waals surface area contributed by atoms with Crippen molar-refractivity contribution in [2.75, 3.05) is 14.1 Å². The molecular weight excluding hydrogens is 372 g/mol. The zero-order chi connectivity index (χ0) is 13.7. The van der Waals surface area contributed by atoms with E-state index in [4.69, 9.17) is 0 Å². The van der Waals surface area contributed by atoms with Gasteiger partial charge in [-0.15, -0.1) is 24.0 Å². The van der Waals surface area contributed by atoms with Crippen LogP contribution in [0, 0.1) is 5.82 Å². The van der Waals surface area contributed by atoms with Crippen LogP contribution in [-0.2, 0) is 6.54 Å². The van der Waals surface area contributed by atoms with Gasteiger partial charge in [0.25, 0.3) is 0 Å². The lowest BCUT2D eigenvalue weighted by Crippen LogP contribution is -2.34. The van der Waals surface area contributed by atoms with E-state index >= 15 is 0 Å². The van der Waals surface area contributed by atoms with Gasteiger partial charge in [-0.25, -0.2) is 9.07 Å². The van der Waals surface area contributed by atoms with E-state index in [1.54, 1.807) is 30.9 Å². The Bertz CT molecular complexity index is 564. The molecule has 2 N–H and O–H groups in total. The highest BCUT2D eigenvalue weighted by molar-refractivity contribution is 14.0. The number of rotatable bonds is 3. The molecule has 1 aromatic carbocycles. The van der Waals surface area contributed by atoms with Gasteiger partial charge in [-0.2, -0.15) is 5.10 Å². The molecule has 20 heavy (non-hydrogen) atoms. The lowest BCUT2D eigenvalue weighted by molar-refractivity contribution is 0.627. The molecule has 0 aliphatic rings. The lowest BCUT2D eigenvalue weighted by atomic mass is 10.3. The standard InChI is InChI=1S/C13H16FN5.HI/c1-15-13(16-2)17-9-11-7-8-19(18-11)12-5-3-10(14)4-6-12;/h3-8H,9H2,1-2H3,(H2,15,16,17);1H. The molecule has 1 heterocycles. The molecule has 0 atom stereocenters. The number of aliphatic imine (C=N–C) groups is 1. The monoisotopic (exact) mass is 389 g/mol. The first-order chi connectivity index (χ1) is 9.22. The fraction of sp³-hybridized carbons (Fsp3) is 0.231. The maximum absolute atomic E-state index is 12.8. The van der Waals surface area contributed by atoms with Crippen LogP contribution in [-0.4, -0.2) is 29.8 Å². The number of aromatic nitrogens is 2. The summed E-state index contributed by atoms with van der Waals surface area (Å²) in [6.45, 7) is 0.571. The number of benzene rings is 1. The predicted molar refractivity (Wildman–Crippen MR) is 88.2 cm³/mol. The Kier molecular flexibility index (Phi) is 6.43.